The summed E-state index contributed by atoms with van der Waals surface area (Å²) in [5.74, 6) is -1.91. The van der Waals surface area contributed by atoms with E-state index in [1.807, 2.05) is 12.1 Å². The second-order valence-corrected chi connectivity index (χ2v) is 8.32. The molecule has 0 radical (unpaired) electrons. The van der Waals surface area contributed by atoms with Crippen LogP contribution in [0.1, 0.15) is 11.6 Å². The SMILES string of the molecule is O=S(=O)(NCC(c1ccccc1Cl)N1CCOCC1)c1cc(F)cc(F)c1. The largest absolute Gasteiger partial charge is 0.379 e. The number of sulfonamides is 1. The first-order valence-corrected chi connectivity index (χ1v) is 10.2. The molecule has 0 saturated carbocycles. The van der Waals surface area contributed by atoms with E-state index in [9.17, 15) is 17.2 Å². The first-order valence-electron chi connectivity index (χ1n) is 8.39. The molecule has 1 heterocycles. The van der Waals surface area contributed by atoms with Gasteiger partial charge >= 0.3 is 0 Å². The highest BCUT2D eigenvalue weighted by Gasteiger charge is 2.26. The quantitative estimate of drug-likeness (QED) is 0.786. The highest BCUT2D eigenvalue weighted by Crippen LogP contribution is 2.28. The molecule has 5 nitrogen and oxygen atoms in total. The first-order chi connectivity index (χ1) is 12.9. The van der Waals surface area contributed by atoms with Gasteiger partial charge in [0.05, 0.1) is 18.1 Å². The molecule has 1 N–H and O–H groups in total. The Labute approximate surface area is 161 Å². The lowest BCUT2D eigenvalue weighted by Gasteiger charge is -2.35. The average Bonchev–Trinajstić information content (AvgIpc) is 2.63. The molecule has 0 amide bonds. The van der Waals surface area contributed by atoms with Gasteiger partial charge in [0.15, 0.2) is 0 Å². The van der Waals surface area contributed by atoms with Crippen LogP contribution in [0.2, 0.25) is 5.02 Å². The molecule has 1 aliphatic heterocycles. The fraction of sp³-hybridized carbons (Fsp3) is 0.333. The molecule has 146 valence electrons. The zero-order valence-corrected chi connectivity index (χ0v) is 15.9. The Hall–Kier alpha value is -1.58. The lowest BCUT2D eigenvalue weighted by atomic mass is 10.0. The van der Waals surface area contributed by atoms with Crippen molar-refractivity contribution in [3.8, 4) is 0 Å². The van der Waals surface area contributed by atoms with Gasteiger partial charge in [-0.15, -0.1) is 0 Å². The Bertz CT molecular complexity index is 885. The molecule has 1 atom stereocenters. The summed E-state index contributed by atoms with van der Waals surface area (Å²) in [4.78, 5) is 1.61. The summed E-state index contributed by atoms with van der Waals surface area (Å²) >= 11 is 6.31. The van der Waals surface area contributed by atoms with E-state index < -0.39 is 26.6 Å². The minimum absolute atomic E-state index is 0.00417. The van der Waals surface area contributed by atoms with Crippen molar-refractivity contribution in [2.75, 3.05) is 32.8 Å². The molecular formula is C18H19ClF2N2O3S. The molecule has 2 aromatic carbocycles. The maximum atomic E-state index is 13.4. The molecule has 0 spiro atoms. The third kappa shape index (κ3) is 5.03. The predicted molar refractivity (Wildman–Crippen MR) is 98.1 cm³/mol. The number of hydrogen-bond donors (Lipinski definition) is 1. The smallest absolute Gasteiger partial charge is 0.240 e. The molecule has 1 saturated heterocycles. The Morgan fingerprint density at radius 3 is 2.37 bits per heavy atom. The number of nitrogens with zero attached hydrogens (tertiary/aromatic N) is 1. The molecule has 27 heavy (non-hydrogen) atoms. The van der Waals surface area contributed by atoms with Gasteiger partial charge in [-0.1, -0.05) is 29.8 Å². The summed E-state index contributed by atoms with van der Waals surface area (Å²) in [5.41, 5.74) is 0.772. The summed E-state index contributed by atoms with van der Waals surface area (Å²) in [6.07, 6.45) is 0. The highest BCUT2D eigenvalue weighted by atomic mass is 35.5. The van der Waals surface area contributed by atoms with Crippen LogP contribution in [-0.4, -0.2) is 46.2 Å². The fourth-order valence-electron chi connectivity index (χ4n) is 3.03. The molecule has 2 aromatic rings. The fourth-order valence-corrected chi connectivity index (χ4v) is 4.37. The number of rotatable bonds is 6. The summed E-state index contributed by atoms with van der Waals surface area (Å²) in [7, 11) is -4.09. The standard InChI is InChI=1S/C18H19ClF2N2O3S/c19-17-4-2-1-3-16(17)18(23-5-7-26-8-6-23)12-22-27(24,25)15-10-13(20)9-14(21)11-15/h1-4,9-11,18,22H,5-8,12H2. The van der Waals surface area contributed by atoms with Crippen molar-refractivity contribution < 1.29 is 21.9 Å². The Balaban J connectivity index is 1.84. The van der Waals surface area contributed by atoms with Crippen LogP contribution < -0.4 is 4.72 Å². The van der Waals surface area contributed by atoms with Gasteiger partial charge in [0.25, 0.3) is 0 Å². The zero-order valence-electron chi connectivity index (χ0n) is 14.4. The molecule has 1 aliphatic rings. The second-order valence-electron chi connectivity index (χ2n) is 6.14. The number of hydrogen-bond acceptors (Lipinski definition) is 4. The minimum Gasteiger partial charge on any atom is -0.379 e. The van der Waals surface area contributed by atoms with Crippen molar-refractivity contribution in [1.82, 2.24) is 9.62 Å². The van der Waals surface area contributed by atoms with Crippen LogP contribution in [0.4, 0.5) is 8.78 Å². The molecule has 0 bridgehead atoms. The van der Waals surface area contributed by atoms with Crippen LogP contribution in [0.15, 0.2) is 47.4 Å². The molecule has 1 fully saturated rings. The molecule has 3 rings (SSSR count). The van der Waals surface area contributed by atoms with Crippen molar-refractivity contribution in [2.45, 2.75) is 10.9 Å². The van der Waals surface area contributed by atoms with Gasteiger partial charge in [-0.05, 0) is 23.8 Å². The topological polar surface area (TPSA) is 58.6 Å². The van der Waals surface area contributed by atoms with E-state index in [-0.39, 0.29) is 12.6 Å². The van der Waals surface area contributed by atoms with E-state index >= 15 is 0 Å². The average molecular weight is 417 g/mol. The maximum absolute atomic E-state index is 13.4. The van der Waals surface area contributed by atoms with Gasteiger partial charge in [-0.25, -0.2) is 21.9 Å². The third-order valence-electron chi connectivity index (χ3n) is 4.36. The van der Waals surface area contributed by atoms with E-state index in [4.69, 9.17) is 16.3 Å². The van der Waals surface area contributed by atoms with E-state index in [1.54, 1.807) is 12.1 Å². The van der Waals surface area contributed by atoms with Crippen molar-refractivity contribution in [2.24, 2.45) is 0 Å². The van der Waals surface area contributed by atoms with Gasteiger partial charge in [0.1, 0.15) is 11.6 Å². The van der Waals surface area contributed by atoms with Crippen molar-refractivity contribution in [3.63, 3.8) is 0 Å². The van der Waals surface area contributed by atoms with Gasteiger partial charge in [0.2, 0.25) is 10.0 Å². The Kier molecular flexibility index (Phi) is 6.44. The first kappa shape index (κ1) is 20.2. The number of benzene rings is 2. The van der Waals surface area contributed by atoms with Gasteiger partial charge in [-0.3, -0.25) is 4.90 Å². The van der Waals surface area contributed by atoms with Gasteiger partial charge < -0.3 is 4.74 Å². The summed E-state index contributed by atoms with van der Waals surface area (Å²) < 4.78 is 59.6. The second kappa shape index (κ2) is 8.62. The summed E-state index contributed by atoms with van der Waals surface area (Å²) in [6, 6.07) is 9.04. The normalized spacial score (nSPS) is 17.0. The summed E-state index contributed by atoms with van der Waals surface area (Å²) in [6.45, 7) is 2.30. The number of morpholine rings is 1. The van der Waals surface area contributed by atoms with Crippen LogP contribution in [0.3, 0.4) is 0 Å². The zero-order chi connectivity index (χ0) is 19.4. The number of halogens is 3. The molecule has 0 aliphatic carbocycles. The predicted octanol–water partition coefficient (Wildman–Crippen LogP) is 2.97. The molecule has 0 aromatic heterocycles. The molecular weight excluding hydrogens is 398 g/mol. The van der Waals surface area contributed by atoms with Crippen LogP contribution in [-0.2, 0) is 14.8 Å². The van der Waals surface area contributed by atoms with E-state index in [2.05, 4.69) is 9.62 Å². The third-order valence-corrected chi connectivity index (χ3v) is 6.11. The van der Waals surface area contributed by atoms with Crippen molar-refractivity contribution in [3.05, 3.63) is 64.7 Å². The Morgan fingerprint density at radius 1 is 1.11 bits per heavy atom. The van der Waals surface area contributed by atoms with Gasteiger partial charge in [-0.2, -0.15) is 0 Å². The number of nitrogens with one attached hydrogen (secondary N) is 1. The van der Waals surface area contributed by atoms with Crippen LogP contribution >= 0.6 is 11.6 Å². The molecule has 1 unspecified atom stereocenters. The highest BCUT2D eigenvalue weighted by molar-refractivity contribution is 7.89. The maximum Gasteiger partial charge on any atom is 0.240 e. The van der Waals surface area contributed by atoms with E-state index in [0.717, 1.165) is 17.7 Å². The Morgan fingerprint density at radius 2 is 1.74 bits per heavy atom. The number of ether oxygens (including phenoxy) is 1. The van der Waals surface area contributed by atoms with Crippen LogP contribution in [0.5, 0.6) is 0 Å². The lowest BCUT2D eigenvalue weighted by Crippen LogP contribution is -2.43. The van der Waals surface area contributed by atoms with Crippen LogP contribution in [0, 0.1) is 11.6 Å². The van der Waals surface area contributed by atoms with Crippen molar-refractivity contribution in [1.29, 1.82) is 0 Å². The van der Waals surface area contributed by atoms with Crippen molar-refractivity contribution >= 4 is 21.6 Å². The van der Waals surface area contributed by atoms with E-state index in [1.165, 1.54) is 0 Å². The molecule has 9 heteroatoms. The summed E-state index contributed by atoms with van der Waals surface area (Å²) in [5, 5.41) is 0.519. The monoisotopic (exact) mass is 416 g/mol. The van der Waals surface area contributed by atoms with E-state index in [0.29, 0.717) is 37.4 Å². The van der Waals surface area contributed by atoms with Gasteiger partial charge in [0, 0.05) is 36.8 Å². The lowest BCUT2D eigenvalue weighted by molar-refractivity contribution is 0.0172. The van der Waals surface area contributed by atoms with Crippen LogP contribution in [0.25, 0.3) is 0 Å². The minimum atomic E-state index is -4.09.